The van der Waals surface area contributed by atoms with Crippen LogP contribution in [0, 0.1) is 5.82 Å². The number of hydrogen-bond acceptors (Lipinski definition) is 3. The van der Waals surface area contributed by atoms with Crippen molar-refractivity contribution in [1.82, 2.24) is 10.2 Å². The second kappa shape index (κ2) is 5.92. The Balaban J connectivity index is 1.97. The molecule has 1 N–H and O–H groups in total. The third-order valence-corrected chi connectivity index (χ3v) is 5.48. The summed E-state index contributed by atoms with van der Waals surface area (Å²) in [5, 5.41) is 3.57. The van der Waals surface area contributed by atoms with Gasteiger partial charge in [0, 0.05) is 17.8 Å². The summed E-state index contributed by atoms with van der Waals surface area (Å²) in [6, 6.07) is 6.21. The molecule has 0 saturated carbocycles. The summed E-state index contributed by atoms with van der Waals surface area (Å²) in [5.41, 5.74) is -0.828. The van der Waals surface area contributed by atoms with Crippen molar-refractivity contribution in [2.24, 2.45) is 0 Å². The van der Waals surface area contributed by atoms with Crippen LogP contribution in [0.25, 0.3) is 10.1 Å². The van der Waals surface area contributed by atoms with Crippen molar-refractivity contribution in [2.45, 2.75) is 32.2 Å². The average Bonchev–Trinajstić information content (AvgIpc) is 2.93. The minimum atomic E-state index is -0.828. The maximum absolute atomic E-state index is 13.3. The summed E-state index contributed by atoms with van der Waals surface area (Å²) in [4.78, 5) is 27.5. The normalized spacial score (nSPS) is 21.5. The van der Waals surface area contributed by atoms with Gasteiger partial charge in [-0.15, -0.1) is 11.3 Å². The fourth-order valence-corrected chi connectivity index (χ4v) is 4.15. The van der Waals surface area contributed by atoms with Crippen LogP contribution < -0.4 is 5.32 Å². The lowest BCUT2D eigenvalue weighted by molar-refractivity contribution is -0.134. The van der Waals surface area contributed by atoms with Crippen molar-refractivity contribution >= 4 is 33.2 Å². The monoisotopic (exact) mass is 334 g/mol. The minimum Gasteiger partial charge on any atom is -0.352 e. The second-order valence-electron chi connectivity index (χ2n) is 6.03. The number of carbonyl (C=O) groups is 2. The van der Waals surface area contributed by atoms with Gasteiger partial charge in [0.1, 0.15) is 11.4 Å². The Labute approximate surface area is 138 Å². The van der Waals surface area contributed by atoms with Crippen LogP contribution in [0.2, 0.25) is 0 Å². The molecule has 1 saturated heterocycles. The van der Waals surface area contributed by atoms with Crippen LogP contribution in [0.3, 0.4) is 0 Å². The molecule has 0 radical (unpaired) electrons. The van der Waals surface area contributed by atoms with Gasteiger partial charge < -0.3 is 10.2 Å². The largest absolute Gasteiger partial charge is 0.352 e. The Bertz CT molecular complexity index is 773. The van der Waals surface area contributed by atoms with Crippen LogP contribution in [0.1, 0.15) is 36.4 Å². The van der Waals surface area contributed by atoms with Crippen LogP contribution in [0.5, 0.6) is 0 Å². The summed E-state index contributed by atoms with van der Waals surface area (Å²) in [6.45, 7) is 4.76. The molecule has 23 heavy (non-hydrogen) atoms. The molecule has 0 bridgehead atoms. The first kappa shape index (κ1) is 15.9. The second-order valence-corrected chi connectivity index (χ2v) is 7.11. The van der Waals surface area contributed by atoms with Crippen LogP contribution in [0.15, 0.2) is 24.3 Å². The average molecular weight is 334 g/mol. The molecule has 3 rings (SSSR count). The van der Waals surface area contributed by atoms with Crippen molar-refractivity contribution in [2.75, 3.05) is 13.1 Å². The molecule has 1 atom stereocenters. The van der Waals surface area contributed by atoms with Crippen LogP contribution in [-0.2, 0) is 4.79 Å². The van der Waals surface area contributed by atoms with Gasteiger partial charge in [-0.2, -0.15) is 0 Å². The molecule has 1 aliphatic rings. The van der Waals surface area contributed by atoms with Crippen molar-refractivity contribution < 1.29 is 14.0 Å². The molecule has 4 nitrogen and oxygen atoms in total. The van der Waals surface area contributed by atoms with E-state index in [0.29, 0.717) is 24.4 Å². The van der Waals surface area contributed by atoms with Crippen LogP contribution in [0.4, 0.5) is 4.39 Å². The Morgan fingerprint density at radius 1 is 1.43 bits per heavy atom. The molecular formula is C17H19FN2O2S. The SMILES string of the molecule is CCC[C@@]1(C)C(=O)NCCN1C(=O)c1cc2cc(F)ccc2s1. The molecule has 1 fully saturated rings. The molecule has 0 spiro atoms. The number of amides is 2. The zero-order valence-corrected chi connectivity index (χ0v) is 14.0. The molecule has 2 amide bonds. The molecule has 2 heterocycles. The number of nitrogens with one attached hydrogen (secondary N) is 1. The predicted molar refractivity (Wildman–Crippen MR) is 89.1 cm³/mol. The molecular weight excluding hydrogens is 315 g/mol. The molecule has 1 aromatic carbocycles. The van der Waals surface area contributed by atoms with Crippen LogP contribution in [-0.4, -0.2) is 35.3 Å². The first-order chi connectivity index (χ1) is 11.0. The van der Waals surface area contributed by atoms with Crippen molar-refractivity contribution in [3.8, 4) is 0 Å². The van der Waals surface area contributed by atoms with Gasteiger partial charge in [0.15, 0.2) is 0 Å². The van der Waals surface area contributed by atoms with E-state index in [1.165, 1.54) is 23.5 Å². The zero-order valence-electron chi connectivity index (χ0n) is 13.2. The van der Waals surface area contributed by atoms with Gasteiger partial charge in [0.25, 0.3) is 5.91 Å². The highest BCUT2D eigenvalue weighted by Crippen LogP contribution is 2.31. The summed E-state index contributed by atoms with van der Waals surface area (Å²) < 4.78 is 14.2. The Morgan fingerprint density at radius 3 is 2.96 bits per heavy atom. The number of fused-ring (bicyclic) bond motifs is 1. The Kier molecular flexibility index (Phi) is 4.10. The third-order valence-electron chi connectivity index (χ3n) is 4.38. The Morgan fingerprint density at radius 2 is 2.22 bits per heavy atom. The van der Waals surface area contributed by atoms with E-state index in [0.717, 1.165) is 16.5 Å². The summed E-state index contributed by atoms with van der Waals surface area (Å²) in [6.07, 6.45) is 1.43. The van der Waals surface area contributed by atoms with Crippen molar-refractivity contribution in [3.63, 3.8) is 0 Å². The first-order valence-electron chi connectivity index (χ1n) is 7.75. The standard InChI is InChI=1S/C17H19FN2O2S/c1-3-6-17(2)16(22)19-7-8-20(17)15(21)14-10-11-9-12(18)4-5-13(11)23-14/h4-5,9-10H,3,6-8H2,1-2H3,(H,19,22)/t17-/m0/s1. The maximum Gasteiger partial charge on any atom is 0.264 e. The number of hydrogen-bond donors (Lipinski definition) is 1. The highest BCUT2D eigenvalue weighted by atomic mass is 32.1. The summed E-state index contributed by atoms with van der Waals surface area (Å²) in [7, 11) is 0. The van der Waals surface area contributed by atoms with E-state index in [-0.39, 0.29) is 17.6 Å². The number of thiophene rings is 1. The predicted octanol–water partition coefficient (Wildman–Crippen LogP) is 3.17. The fraction of sp³-hybridized carbons (Fsp3) is 0.412. The molecule has 0 aliphatic carbocycles. The van der Waals surface area contributed by atoms with Gasteiger partial charge in [-0.05, 0) is 43.0 Å². The zero-order chi connectivity index (χ0) is 16.6. The van der Waals surface area contributed by atoms with E-state index in [1.807, 2.05) is 13.8 Å². The topological polar surface area (TPSA) is 49.4 Å². The number of benzene rings is 1. The maximum atomic E-state index is 13.3. The van der Waals surface area contributed by atoms with Crippen LogP contribution >= 0.6 is 11.3 Å². The van der Waals surface area contributed by atoms with E-state index < -0.39 is 5.54 Å². The van der Waals surface area contributed by atoms with Gasteiger partial charge in [-0.25, -0.2) is 4.39 Å². The highest BCUT2D eigenvalue weighted by Gasteiger charge is 2.44. The minimum absolute atomic E-state index is 0.105. The first-order valence-corrected chi connectivity index (χ1v) is 8.57. The number of piperazine rings is 1. The molecule has 2 aromatic rings. The van der Waals surface area contributed by atoms with Gasteiger partial charge in [-0.1, -0.05) is 13.3 Å². The quantitative estimate of drug-likeness (QED) is 0.937. The smallest absolute Gasteiger partial charge is 0.264 e. The summed E-state index contributed by atoms with van der Waals surface area (Å²) in [5.74, 6) is -0.578. The number of halogens is 1. The summed E-state index contributed by atoms with van der Waals surface area (Å²) >= 11 is 1.34. The number of carbonyl (C=O) groups excluding carboxylic acids is 2. The van der Waals surface area contributed by atoms with E-state index in [2.05, 4.69) is 5.32 Å². The van der Waals surface area contributed by atoms with E-state index in [4.69, 9.17) is 0 Å². The fourth-order valence-electron chi connectivity index (χ4n) is 3.15. The van der Waals surface area contributed by atoms with E-state index in [1.54, 1.807) is 17.0 Å². The number of nitrogens with zero attached hydrogens (tertiary/aromatic N) is 1. The third kappa shape index (κ3) is 2.72. The lowest BCUT2D eigenvalue weighted by Crippen LogP contribution is -2.64. The van der Waals surface area contributed by atoms with E-state index >= 15 is 0 Å². The van der Waals surface area contributed by atoms with Gasteiger partial charge in [-0.3, -0.25) is 9.59 Å². The van der Waals surface area contributed by atoms with Crippen molar-refractivity contribution in [3.05, 3.63) is 35.0 Å². The molecule has 1 aliphatic heterocycles. The highest BCUT2D eigenvalue weighted by molar-refractivity contribution is 7.20. The van der Waals surface area contributed by atoms with Crippen molar-refractivity contribution in [1.29, 1.82) is 0 Å². The lowest BCUT2D eigenvalue weighted by atomic mass is 9.90. The number of rotatable bonds is 3. The Hall–Kier alpha value is -1.95. The van der Waals surface area contributed by atoms with Gasteiger partial charge >= 0.3 is 0 Å². The molecule has 122 valence electrons. The lowest BCUT2D eigenvalue weighted by Gasteiger charge is -2.43. The van der Waals surface area contributed by atoms with E-state index in [9.17, 15) is 14.0 Å². The van der Waals surface area contributed by atoms with Gasteiger partial charge in [0.2, 0.25) is 5.91 Å². The molecule has 6 heteroatoms. The van der Waals surface area contributed by atoms with Gasteiger partial charge in [0.05, 0.1) is 4.88 Å². The molecule has 0 unspecified atom stereocenters. The molecule has 1 aromatic heterocycles.